The van der Waals surface area contributed by atoms with Crippen molar-refractivity contribution < 1.29 is 8.42 Å². The van der Waals surface area contributed by atoms with Crippen molar-refractivity contribution in [2.75, 3.05) is 14.1 Å². The van der Waals surface area contributed by atoms with Crippen LogP contribution in [-0.2, 0) is 10.0 Å². The SMILES string of the molecule is CN(C)/C=N/S(=O)(=O)c1ccccc1-c1ccccc1. The molecule has 0 heterocycles. The smallest absolute Gasteiger partial charge is 0.284 e. The summed E-state index contributed by atoms with van der Waals surface area (Å²) >= 11 is 0. The van der Waals surface area contributed by atoms with Crippen molar-refractivity contribution >= 4 is 16.4 Å². The van der Waals surface area contributed by atoms with Crippen molar-refractivity contribution in [3.05, 3.63) is 54.6 Å². The highest BCUT2D eigenvalue weighted by molar-refractivity contribution is 7.90. The maximum Gasteiger partial charge on any atom is 0.284 e. The van der Waals surface area contributed by atoms with Gasteiger partial charge in [0.15, 0.2) is 0 Å². The van der Waals surface area contributed by atoms with Gasteiger partial charge in [0, 0.05) is 19.7 Å². The number of rotatable bonds is 4. The van der Waals surface area contributed by atoms with Crippen LogP contribution in [0, 0.1) is 0 Å². The molecular weight excluding hydrogens is 272 g/mol. The molecule has 0 atom stereocenters. The van der Waals surface area contributed by atoms with E-state index in [2.05, 4.69) is 4.40 Å². The number of hydrogen-bond acceptors (Lipinski definition) is 2. The van der Waals surface area contributed by atoms with Gasteiger partial charge in [0.2, 0.25) is 0 Å². The van der Waals surface area contributed by atoms with E-state index in [9.17, 15) is 8.42 Å². The summed E-state index contributed by atoms with van der Waals surface area (Å²) in [6.07, 6.45) is 1.29. The van der Waals surface area contributed by atoms with Crippen LogP contribution in [0.3, 0.4) is 0 Å². The van der Waals surface area contributed by atoms with E-state index in [1.807, 2.05) is 36.4 Å². The second kappa shape index (κ2) is 5.88. The van der Waals surface area contributed by atoms with Gasteiger partial charge < -0.3 is 4.90 Å². The van der Waals surface area contributed by atoms with E-state index in [0.717, 1.165) is 5.56 Å². The Hall–Kier alpha value is -2.14. The third kappa shape index (κ3) is 3.24. The Morgan fingerprint density at radius 2 is 1.55 bits per heavy atom. The largest absolute Gasteiger partial charge is 0.368 e. The average molecular weight is 288 g/mol. The van der Waals surface area contributed by atoms with Crippen molar-refractivity contribution in [2.45, 2.75) is 4.90 Å². The molecule has 0 aromatic heterocycles. The molecule has 0 aliphatic heterocycles. The fraction of sp³-hybridized carbons (Fsp3) is 0.133. The maximum atomic E-state index is 12.3. The van der Waals surface area contributed by atoms with Gasteiger partial charge in [0.1, 0.15) is 6.34 Å². The van der Waals surface area contributed by atoms with Gasteiger partial charge in [-0.25, -0.2) is 0 Å². The van der Waals surface area contributed by atoms with E-state index in [-0.39, 0.29) is 4.90 Å². The predicted octanol–water partition coefficient (Wildman–Crippen LogP) is 2.63. The Morgan fingerprint density at radius 3 is 2.20 bits per heavy atom. The lowest BCUT2D eigenvalue weighted by atomic mass is 10.1. The average Bonchev–Trinajstić information content (AvgIpc) is 2.46. The number of nitrogens with zero attached hydrogens (tertiary/aromatic N) is 2. The molecule has 2 aromatic carbocycles. The lowest BCUT2D eigenvalue weighted by Gasteiger charge is -2.08. The molecule has 0 N–H and O–H groups in total. The van der Waals surface area contributed by atoms with Gasteiger partial charge in [0.25, 0.3) is 10.0 Å². The molecule has 104 valence electrons. The molecule has 0 fully saturated rings. The first-order chi connectivity index (χ1) is 9.50. The Balaban J connectivity index is 2.54. The van der Waals surface area contributed by atoms with Crippen LogP contribution in [0.2, 0.25) is 0 Å². The van der Waals surface area contributed by atoms with Crippen molar-refractivity contribution in [3.63, 3.8) is 0 Å². The molecule has 0 unspecified atom stereocenters. The van der Waals surface area contributed by atoms with Crippen LogP contribution in [0.5, 0.6) is 0 Å². The molecule has 0 radical (unpaired) electrons. The van der Waals surface area contributed by atoms with Crippen LogP contribution in [0.1, 0.15) is 0 Å². The molecule has 5 heteroatoms. The van der Waals surface area contributed by atoms with Crippen LogP contribution in [0.4, 0.5) is 0 Å². The summed E-state index contributed by atoms with van der Waals surface area (Å²) in [6.45, 7) is 0. The molecule has 0 spiro atoms. The van der Waals surface area contributed by atoms with Gasteiger partial charge in [-0.15, -0.1) is 4.40 Å². The molecule has 0 saturated heterocycles. The minimum atomic E-state index is -3.71. The minimum absolute atomic E-state index is 0.212. The second-order valence-electron chi connectivity index (χ2n) is 4.52. The van der Waals surface area contributed by atoms with E-state index in [4.69, 9.17) is 0 Å². The standard InChI is InChI=1S/C15H16N2O2S/c1-17(2)12-16-20(18,19)15-11-7-6-10-14(15)13-8-4-3-5-9-13/h3-12H,1-2H3/b16-12+. The molecule has 0 amide bonds. The van der Waals surface area contributed by atoms with Gasteiger partial charge in [-0.3, -0.25) is 0 Å². The van der Waals surface area contributed by atoms with Gasteiger partial charge in [-0.05, 0) is 11.6 Å². The molecule has 2 aromatic rings. The Bertz CT molecular complexity index is 708. The summed E-state index contributed by atoms with van der Waals surface area (Å²) in [5, 5.41) is 0. The Kier molecular flexibility index (Phi) is 4.20. The van der Waals surface area contributed by atoms with Crippen LogP contribution < -0.4 is 0 Å². The quantitative estimate of drug-likeness (QED) is 0.642. The van der Waals surface area contributed by atoms with E-state index in [1.165, 1.54) is 6.34 Å². The molecule has 0 bridgehead atoms. The van der Waals surface area contributed by atoms with Gasteiger partial charge in [-0.2, -0.15) is 8.42 Å². The highest BCUT2D eigenvalue weighted by atomic mass is 32.2. The summed E-state index contributed by atoms with van der Waals surface area (Å²) in [7, 11) is -0.258. The van der Waals surface area contributed by atoms with Crippen molar-refractivity contribution in [1.82, 2.24) is 4.90 Å². The summed E-state index contributed by atoms with van der Waals surface area (Å²) in [6, 6.07) is 16.3. The zero-order valence-electron chi connectivity index (χ0n) is 11.4. The highest BCUT2D eigenvalue weighted by Crippen LogP contribution is 2.27. The second-order valence-corrected chi connectivity index (χ2v) is 6.12. The molecule has 4 nitrogen and oxygen atoms in total. The fourth-order valence-corrected chi connectivity index (χ4v) is 2.90. The van der Waals surface area contributed by atoms with Gasteiger partial charge in [-0.1, -0.05) is 48.5 Å². The van der Waals surface area contributed by atoms with E-state index in [1.54, 1.807) is 37.2 Å². The molecule has 0 aliphatic carbocycles. The summed E-state index contributed by atoms with van der Waals surface area (Å²) in [5.74, 6) is 0. The van der Waals surface area contributed by atoms with Crippen LogP contribution in [0.15, 0.2) is 63.9 Å². The Morgan fingerprint density at radius 1 is 0.950 bits per heavy atom. The first kappa shape index (κ1) is 14.3. The fourth-order valence-electron chi connectivity index (χ4n) is 1.76. The predicted molar refractivity (Wildman–Crippen MR) is 81.2 cm³/mol. The molecule has 0 saturated carbocycles. The zero-order chi connectivity index (χ0) is 14.6. The van der Waals surface area contributed by atoms with Gasteiger partial charge >= 0.3 is 0 Å². The summed E-state index contributed by atoms with van der Waals surface area (Å²) in [5.41, 5.74) is 1.51. The Labute approximate surface area is 119 Å². The van der Waals surface area contributed by atoms with Crippen LogP contribution >= 0.6 is 0 Å². The maximum absolute atomic E-state index is 12.3. The van der Waals surface area contributed by atoms with Crippen molar-refractivity contribution in [2.24, 2.45) is 4.40 Å². The third-order valence-corrected chi connectivity index (χ3v) is 3.95. The monoisotopic (exact) mass is 288 g/mol. The minimum Gasteiger partial charge on any atom is -0.368 e. The number of sulfonamides is 1. The lowest BCUT2D eigenvalue weighted by molar-refractivity contribution is 0.595. The van der Waals surface area contributed by atoms with Gasteiger partial charge in [0.05, 0.1) is 4.90 Å². The van der Waals surface area contributed by atoms with Crippen LogP contribution in [0.25, 0.3) is 11.1 Å². The van der Waals surface area contributed by atoms with E-state index < -0.39 is 10.0 Å². The lowest BCUT2D eigenvalue weighted by Crippen LogP contribution is -2.10. The number of hydrogen-bond donors (Lipinski definition) is 0. The van der Waals surface area contributed by atoms with E-state index >= 15 is 0 Å². The molecule has 0 aliphatic rings. The van der Waals surface area contributed by atoms with E-state index in [0.29, 0.717) is 5.56 Å². The molecule has 2 rings (SSSR count). The normalized spacial score (nSPS) is 11.7. The first-order valence-electron chi connectivity index (χ1n) is 6.12. The van der Waals surface area contributed by atoms with Crippen molar-refractivity contribution in [1.29, 1.82) is 0 Å². The summed E-state index contributed by atoms with van der Waals surface area (Å²) in [4.78, 5) is 1.80. The van der Waals surface area contributed by atoms with Crippen LogP contribution in [-0.4, -0.2) is 33.8 Å². The summed E-state index contributed by atoms with van der Waals surface area (Å²) < 4.78 is 28.3. The topological polar surface area (TPSA) is 49.7 Å². The highest BCUT2D eigenvalue weighted by Gasteiger charge is 2.17. The number of benzene rings is 2. The third-order valence-electron chi connectivity index (χ3n) is 2.67. The van der Waals surface area contributed by atoms with Crippen molar-refractivity contribution in [3.8, 4) is 11.1 Å². The molecule has 20 heavy (non-hydrogen) atoms. The first-order valence-corrected chi connectivity index (χ1v) is 7.56. The zero-order valence-corrected chi connectivity index (χ0v) is 12.2. The molecular formula is C15H16N2O2S.